The highest BCUT2D eigenvalue weighted by atomic mass is 15.0. The van der Waals surface area contributed by atoms with Crippen molar-refractivity contribution in [2.24, 2.45) is 0 Å². The summed E-state index contributed by atoms with van der Waals surface area (Å²) in [6.45, 7) is 5.23. The minimum absolute atomic E-state index is 0.375. The van der Waals surface area contributed by atoms with E-state index in [0.29, 0.717) is 5.54 Å². The molecule has 1 N–H and O–H groups in total. The lowest BCUT2D eigenvalue weighted by Gasteiger charge is -2.12. The second-order valence-corrected chi connectivity index (χ2v) is 4.67. The van der Waals surface area contributed by atoms with Gasteiger partial charge in [-0.1, -0.05) is 6.07 Å². The van der Waals surface area contributed by atoms with Crippen molar-refractivity contribution in [3.8, 4) is 6.07 Å². The zero-order valence-corrected chi connectivity index (χ0v) is 9.30. The maximum absolute atomic E-state index is 8.76. The van der Waals surface area contributed by atoms with Crippen LogP contribution < -0.4 is 5.32 Å². The number of nitrogens with one attached hydrogen (secondary N) is 1. The van der Waals surface area contributed by atoms with Gasteiger partial charge in [0.2, 0.25) is 0 Å². The molecule has 0 aliphatic heterocycles. The third-order valence-electron chi connectivity index (χ3n) is 3.18. The third-order valence-corrected chi connectivity index (χ3v) is 3.18. The molecule has 0 heterocycles. The van der Waals surface area contributed by atoms with E-state index in [4.69, 9.17) is 5.26 Å². The number of hydrogen-bond donors (Lipinski definition) is 1. The molecule has 2 nitrogen and oxygen atoms in total. The van der Waals surface area contributed by atoms with Gasteiger partial charge in [-0.2, -0.15) is 5.26 Å². The van der Waals surface area contributed by atoms with Gasteiger partial charge in [-0.05, 0) is 49.9 Å². The van der Waals surface area contributed by atoms with Gasteiger partial charge in [0.15, 0.2) is 0 Å². The van der Waals surface area contributed by atoms with Crippen molar-refractivity contribution >= 4 is 0 Å². The standard InChI is InChI=1S/C13H16N2/c1-10-7-11(8-14)3-4-12(10)9-15-13(2)5-6-13/h3-4,7,15H,5-6,9H2,1-2H3. The van der Waals surface area contributed by atoms with Crippen LogP contribution in [-0.4, -0.2) is 5.54 Å². The number of hydrogen-bond acceptors (Lipinski definition) is 2. The minimum Gasteiger partial charge on any atom is -0.307 e. The number of nitrogens with zero attached hydrogens (tertiary/aromatic N) is 1. The van der Waals surface area contributed by atoms with Crippen molar-refractivity contribution in [3.63, 3.8) is 0 Å². The summed E-state index contributed by atoms with van der Waals surface area (Å²) in [5.41, 5.74) is 3.61. The maximum Gasteiger partial charge on any atom is 0.0991 e. The Morgan fingerprint density at radius 1 is 1.47 bits per heavy atom. The van der Waals surface area contributed by atoms with E-state index in [1.54, 1.807) is 0 Å². The lowest BCUT2D eigenvalue weighted by Crippen LogP contribution is -2.27. The van der Waals surface area contributed by atoms with E-state index in [-0.39, 0.29) is 0 Å². The zero-order valence-electron chi connectivity index (χ0n) is 9.30. The van der Waals surface area contributed by atoms with Gasteiger partial charge in [-0.15, -0.1) is 0 Å². The summed E-state index contributed by atoms with van der Waals surface area (Å²) in [5.74, 6) is 0. The van der Waals surface area contributed by atoms with Gasteiger partial charge in [0, 0.05) is 12.1 Å². The van der Waals surface area contributed by atoms with E-state index in [2.05, 4.69) is 25.2 Å². The normalized spacial score (nSPS) is 17.1. The molecule has 2 heteroatoms. The molecular formula is C13H16N2. The SMILES string of the molecule is Cc1cc(C#N)ccc1CNC1(C)CC1. The van der Waals surface area contributed by atoms with Crippen LogP contribution in [0.1, 0.15) is 36.5 Å². The molecule has 0 atom stereocenters. The monoisotopic (exact) mass is 200 g/mol. The quantitative estimate of drug-likeness (QED) is 0.813. The second-order valence-electron chi connectivity index (χ2n) is 4.67. The van der Waals surface area contributed by atoms with Crippen LogP contribution in [0, 0.1) is 18.3 Å². The highest BCUT2D eigenvalue weighted by Crippen LogP contribution is 2.34. The van der Waals surface area contributed by atoms with Gasteiger partial charge in [0.1, 0.15) is 0 Å². The van der Waals surface area contributed by atoms with Crippen LogP contribution in [0.2, 0.25) is 0 Å². The van der Waals surface area contributed by atoms with E-state index < -0.39 is 0 Å². The molecule has 1 aromatic carbocycles. The second kappa shape index (κ2) is 3.67. The van der Waals surface area contributed by atoms with Gasteiger partial charge in [-0.3, -0.25) is 0 Å². The van der Waals surface area contributed by atoms with E-state index in [1.807, 2.05) is 18.2 Å². The predicted molar refractivity (Wildman–Crippen MR) is 60.4 cm³/mol. The van der Waals surface area contributed by atoms with Crippen LogP contribution in [0.4, 0.5) is 0 Å². The van der Waals surface area contributed by atoms with Crippen LogP contribution in [-0.2, 0) is 6.54 Å². The van der Waals surface area contributed by atoms with Crippen LogP contribution in [0.15, 0.2) is 18.2 Å². The Bertz CT molecular complexity index is 411. The lowest BCUT2D eigenvalue weighted by atomic mass is 10.1. The molecule has 1 aliphatic rings. The molecule has 1 saturated carbocycles. The van der Waals surface area contributed by atoms with E-state index in [9.17, 15) is 0 Å². The number of rotatable bonds is 3. The van der Waals surface area contributed by atoms with Crippen molar-refractivity contribution < 1.29 is 0 Å². The third kappa shape index (κ3) is 2.37. The van der Waals surface area contributed by atoms with Crippen LogP contribution in [0.25, 0.3) is 0 Å². The zero-order chi connectivity index (χ0) is 10.9. The first kappa shape index (κ1) is 10.2. The molecule has 78 valence electrons. The molecule has 1 aromatic rings. The molecule has 0 amide bonds. The van der Waals surface area contributed by atoms with Gasteiger partial charge in [0.05, 0.1) is 11.6 Å². The van der Waals surface area contributed by atoms with Gasteiger partial charge < -0.3 is 5.32 Å². The average molecular weight is 200 g/mol. The fraction of sp³-hybridized carbons (Fsp3) is 0.462. The molecular weight excluding hydrogens is 184 g/mol. The highest BCUT2D eigenvalue weighted by Gasteiger charge is 2.36. The molecule has 2 rings (SSSR count). The maximum atomic E-state index is 8.76. The Kier molecular flexibility index (Phi) is 2.50. The highest BCUT2D eigenvalue weighted by molar-refractivity contribution is 5.37. The summed E-state index contributed by atoms with van der Waals surface area (Å²) in [5, 5.41) is 12.3. The Morgan fingerprint density at radius 2 is 2.20 bits per heavy atom. The fourth-order valence-corrected chi connectivity index (χ4v) is 1.64. The summed E-state index contributed by atoms with van der Waals surface area (Å²) in [6, 6.07) is 8.05. The Balaban J connectivity index is 2.05. The Labute approximate surface area is 90.9 Å². The van der Waals surface area contributed by atoms with E-state index in [1.165, 1.54) is 24.0 Å². The molecule has 0 spiro atoms. The fourth-order valence-electron chi connectivity index (χ4n) is 1.64. The molecule has 0 saturated heterocycles. The van der Waals surface area contributed by atoms with Crippen molar-refractivity contribution in [2.75, 3.05) is 0 Å². The lowest BCUT2D eigenvalue weighted by molar-refractivity contribution is 0.537. The summed E-state index contributed by atoms with van der Waals surface area (Å²) in [4.78, 5) is 0. The first-order chi connectivity index (χ1) is 7.13. The molecule has 15 heavy (non-hydrogen) atoms. The predicted octanol–water partition coefficient (Wildman–Crippen LogP) is 2.51. The largest absolute Gasteiger partial charge is 0.307 e. The molecule has 0 bridgehead atoms. The van der Waals surface area contributed by atoms with Crippen molar-refractivity contribution in [2.45, 2.75) is 38.8 Å². The van der Waals surface area contributed by atoms with Crippen LogP contribution >= 0.6 is 0 Å². The van der Waals surface area contributed by atoms with E-state index in [0.717, 1.165) is 12.1 Å². The van der Waals surface area contributed by atoms with Gasteiger partial charge >= 0.3 is 0 Å². The number of benzene rings is 1. The summed E-state index contributed by atoms with van der Waals surface area (Å²) >= 11 is 0. The van der Waals surface area contributed by atoms with Crippen molar-refractivity contribution in [3.05, 3.63) is 34.9 Å². The Morgan fingerprint density at radius 3 is 2.73 bits per heavy atom. The topological polar surface area (TPSA) is 35.8 Å². The molecule has 0 aromatic heterocycles. The minimum atomic E-state index is 0.375. The van der Waals surface area contributed by atoms with Crippen LogP contribution in [0.5, 0.6) is 0 Å². The Hall–Kier alpha value is -1.33. The first-order valence-electron chi connectivity index (χ1n) is 5.38. The first-order valence-corrected chi connectivity index (χ1v) is 5.38. The van der Waals surface area contributed by atoms with Crippen LogP contribution in [0.3, 0.4) is 0 Å². The van der Waals surface area contributed by atoms with Gasteiger partial charge in [0.25, 0.3) is 0 Å². The molecule has 0 radical (unpaired) electrons. The number of aryl methyl sites for hydroxylation is 1. The summed E-state index contributed by atoms with van der Waals surface area (Å²) in [7, 11) is 0. The number of nitriles is 1. The average Bonchev–Trinajstić information content (AvgIpc) is 2.95. The summed E-state index contributed by atoms with van der Waals surface area (Å²) in [6.07, 6.45) is 2.56. The van der Waals surface area contributed by atoms with E-state index >= 15 is 0 Å². The molecule has 0 unspecified atom stereocenters. The van der Waals surface area contributed by atoms with Crippen molar-refractivity contribution in [1.82, 2.24) is 5.32 Å². The smallest absolute Gasteiger partial charge is 0.0991 e. The molecule has 1 fully saturated rings. The van der Waals surface area contributed by atoms with Gasteiger partial charge in [-0.25, -0.2) is 0 Å². The summed E-state index contributed by atoms with van der Waals surface area (Å²) < 4.78 is 0. The molecule has 1 aliphatic carbocycles. The van der Waals surface area contributed by atoms with Crippen molar-refractivity contribution in [1.29, 1.82) is 5.26 Å².